The number of aromatic nitrogens is 2. The van der Waals surface area contributed by atoms with E-state index in [0.717, 1.165) is 42.7 Å². The number of nitrogens with one attached hydrogen (secondary N) is 2. The summed E-state index contributed by atoms with van der Waals surface area (Å²) in [5, 5.41) is 3.95. The Morgan fingerprint density at radius 2 is 2.06 bits per heavy atom. The molecule has 2 heterocycles. The van der Waals surface area contributed by atoms with Gasteiger partial charge in [-0.05, 0) is 44.0 Å². The first-order chi connectivity index (χ1) is 8.83. The third-order valence-corrected chi connectivity index (χ3v) is 4.83. The molecule has 3 rings (SSSR count). The average molecular weight is 263 g/mol. The van der Waals surface area contributed by atoms with Gasteiger partial charge in [0.1, 0.15) is 0 Å². The molecule has 4 nitrogen and oxygen atoms in total. The molecule has 96 valence electrons. The van der Waals surface area contributed by atoms with Gasteiger partial charge in [0.05, 0.1) is 21.8 Å². The second-order valence-corrected chi connectivity index (χ2v) is 6.18. The largest absolute Gasteiger partial charge is 0.331 e. The van der Waals surface area contributed by atoms with E-state index in [1.807, 2.05) is 24.3 Å². The molecule has 1 atom stereocenters. The van der Waals surface area contributed by atoms with Gasteiger partial charge in [-0.15, -0.1) is 0 Å². The van der Waals surface area contributed by atoms with Gasteiger partial charge in [0.15, 0.2) is 5.16 Å². The summed E-state index contributed by atoms with van der Waals surface area (Å²) in [7, 11) is -1.01. The van der Waals surface area contributed by atoms with Crippen LogP contribution in [0.4, 0.5) is 0 Å². The van der Waals surface area contributed by atoms with Crippen LogP contribution in [0.15, 0.2) is 29.4 Å². The predicted octanol–water partition coefficient (Wildman–Crippen LogP) is 1.67. The molecule has 1 aromatic heterocycles. The highest BCUT2D eigenvalue weighted by Crippen LogP contribution is 2.18. The molecule has 1 aliphatic heterocycles. The fraction of sp³-hybridized carbons (Fsp3) is 0.462. The normalized spacial score (nSPS) is 19.1. The number of piperidine rings is 1. The summed E-state index contributed by atoms with van der Waals surface area (Å²) in [5.74, 6) is 1.28. The van der Waals surface area contributed by atoms with Gasteiger partial charge < -0.3 is 10.3 Å². The summed E-state index contributed by atoms with van der Waals surface area (Å²) in [6, 6.07) is 7.81. The van der Waals surface area contributed by atoms with Gasteiger partial charge >= 0.3 is 0 Å². The van der Waals surface area contributed by atoms with Crippen molar-refractivity contribution in [1.29, 1.82) is 0 Å². The quantitative estimate of drug-likeness (QED) is 0.885. The molecule has 5 heteroatoms. The van der Waals surface area contributed by atoms with Crippen molar-refractivity contribution >= 4 is 21.8 Å². The molecule has 0 amide bonds. The van der Waals surface area contributed by atoms with Crippen LogP contribution in [0.5, 0.6) is 0 Å². The van der Waals surface area contributed by atoms with Crippen molar-refractivity contribution in [3.8, 4) is 0 Å². The fourth-order valence-corrected chi connectivity index (χ4v) is 3.72. The Labute approximate surface area is 109 Å². The number of hydrogen-bond acceptors (Lipinski definition) is 3. The summed E-state index contributed by atoms with van der Waals surface area (Å²) < 4.78 is 12.3. The molecule has 0 radical (unpaired) electrons. The van der Waals surface area contributed by atoms with E-state index in [2.05, 4.69) is 15.3 Å². The van der Waals surface area contributed by atoms with Gasteiger partial charge in [0.25, 0.3) is 0 Å². The number of benzene rings is 1. The minimum Gasteiger partial charge on any atom is -0.331 e. The maximum Gasteiger partial charge on any atom is 0.197 e. The van der Waals surface area contributed by atoms with Crippen LogP contribution in [0.3, 0.4) is 0 Å². The SMILES string of the molecule is O=[S@@](CC1CCNCC1)c1nc2ccccc2[nH]1. The average Bonchev–Trinajstić information content (AvgIpc) is 2.84. The van der Waals surface area contributed by atoms with Gasteiger partial charge in [-0.2, -0.15) is 0 Å². The first-order valence-corrected chi connectivity index (χ1v) is 7.68. The van der Waals surface area contributed by atoms with Crippen molar-refractivity contribution in [1.82, 2.24) is 15.3 Å². The molecule has 0 spiro atoms. The van der Waals surface area contributed by atoms with Crippen LogP contribution >= 0.6 is 0 Å². The van der Waals surface area contributed by atoms with E-state index in [-0.39, 0.29) is 0 Å². The number of fused-ring (bicyclic) bond motifs is 1. The predicted molar refractivity (Wildman–Crippen MR) is 73.0 cm³/mol. The number of aromatic amines is 1. The summed E-state index contributed by atoms with van der Waals surface area (Å²) >= 11 is 0. The van der Waals surface area contributed by atoms with Crippen LogP contribution in [-0.2, 0) is 10.8 Å². The summed E-state index contributed by atoms with van der Waals surface area (Å²) in [6.45, 7) is 2.09. The number of para-hydroxylation sites is 2. The number of imidazole rings is 1. The van der Waals surface area contributed by atoms with E-state index in [9.17, 15) is 4.21 Å². The molecule has 2 N–H and O–H groups in total. The smallest absolute Gasteiger partial charge is 0.197 e. The molecule has 1 saturated heterocycles. The van der Waals surface area contributed by atoms with Crippen molar-refractivity contribution in [2.24, 2.45) is 5.92 Å². The summed E-state index contributed by atoms with van der Waals surface area (Å²) in [4.78, 5) is 7.56. The van der Waals surface area contributed by atoms with E-state index in [1.54, 1.807) is 0 Å². The highest BCUT2D eigenvalue weighted by molar-refractivity contribution is 7.84. The molecule has 0 bridgehead atoms. The fourth-order valence-electron chi connectivity index (χ4n) is 2.38. The molecule has 0 aliphatic carbocycles. The number of H-pyrrole nitrogens is 1. The van der Waals surface area contributed by atoms with E-state index >= 15 is 0 Å². The van der Waals surface area contributed by atoms with Crippen molar-refractivity contribution < 1.29 is 4.21 Å². The third kappa shape index (κ3) is 2.47. The minimum atomic E-state index is -1.01. The second-order valence-electron chi connectivity index (χ2n) is 4.76. The highest BCUT2D eigenvalue weighted by atomic mass is 32.2. The van der Waals surface area contributed by atoms with Crippen LogP contribution in [0.1, 0.15) is 12.8 Å². The first-order valence-electron chi connectivity index (χ1n) is 6.37. The monoisotopic (exact) mass is 263 g/mol. The maximum absolute atomic E-state index is 12.3. The summed E-state index contributed by atoms with van der Waals surface area (Å²) in [5.41, 5.74) is 1.86. The zero-order chi connectivity index (χ0) is 12.4. The second kappa shape index (κ2) is 5.20. The molecule has 1 fully saturated rings. The van der Waals surface area contributed by atoms with Crippen LogP contribution < -0.4 is 5.32 Å². The van der Waals surface area contributed by atoms with Gasteiger partial charge in [-0.3, -0.25) is 4.21 Å². The Bertz CT molecular complexity index is 527. The van der Waals surface area contributed by atoms with Crippen LogP contribution in [0.2, 0.25) is 0 Å². The molecule has 1 aromatic carbocycles. The van der Waals surface area contributed by atoms with E-state index < -0.39 is 10.8 Å². The molecular formula is C13H17N3OS. The Kier molecular flexibility index (Phi) is 3.43. The van der Waals surface area contributed by atoms with Gasteiger partial charge in [0, 0.05) is 5.75 Å². The molecule has 2 aromatic rings. The zero-order valence-electron chi connectivity index (χ0n) is 10.2. The number of nitrogens with zero attached hydrogens (tertiary/aromatic N) is 1. The molecule has 18 heavy (non-hydrogen) atoms. The molecular weight excluding hydrogens is 246 g/mol. The zero-order valence-corrected chi connectivity index (χ0v) is 11.0. The lowest BCUT2D eigenvalue weighted by Gasteiger charge is -2.21. The maximum atomic E-state index is 12.3. The molecule has 1 aliphatic rings. The van der Waals surface area contributed by atoms with Gasteiger partial charge in [-0.1, -0.05) is 12.1 Å². The van der Waals surface area contributed by atoms with E-state index in [1.165, 1.54) is 0 Å². The lowest BCUT2D eigenvalue weighted by Crippen LogP contribution is -2.30. The Morgan fingerprint density at radius 3 is 2.83 bits per heavy atom. The van der Waals surface area contributed by atoms with Crippen molar-refractivity contribution in [3.05, 3.63) is 24.3 Å². The topological polar surface area (TPSA) is 57.8 Å². The summed E-state index contributed by atoms with van der Waals surface area (Å²) in [6.07, 6.45) is 2.23. The van der Waals surface area contributed by atoms with Crippen molar-refractivity contribution in [2.45, 2.75) is 18.0 Å². The van der Waals surface area contributed by atoms with Gasteiger partial charge in [0.2, 0.25) is 0 Å². The Morgan fingerprint density at radius 1 is 1.28 bits per heavy atom. The highest BCUT2D eigenvalue weighted by Gasteiger charge is 2.18. The lowest BCUT2D eigenvalue weighted by molar-refractivity contribution is 0.405. The van der Waals surface area contributed by atoms with Crippen molar-refractivity contribution in [3.63, 3.8) is 0 Å². The first kappa shape index (κ1) is 11.9. The molecule has 0 saturated carbocycles. The van der Waals surface area contributed by atoms with E-state index in [4.69, 9.17) is 0 Å². The van der Waals surface area contributed by atoms with Crippen molar-refractivity contribution in [2.75, 3.05) is 18.8 Å². The Balaban J connectivity index is 1.74. The standard InChI is InChI=1S/C13H17N3OS/c17-18(9-10-5-7-14-8-6-10)13-15-11-3-1-2-4-12(11)16-13/h1-4,10,14H,5-9H2,(H,15,16)/t18-/m0/s1. The third-order valence-electron chi connectivity index (χ3n) is 3.43. The number of hydrogen-bond donors (Lipinski definition) is 2. The minimum absolute atomic E-state index is 0.556. The van der Waals surface area contributed by atoms with Crippen LogP contribution in [-0.4, -0.2) is 33.0 Å². The van der Waals surface area contributed by atoms with E-state index in [0.29, 0.717) is 11.1 Å². The van der Waals surface area contributed by atoms with Gasteiger partial charge in [-0.25, -0.2) is 4.98 Å². The van der Waals surface area contributed by atoms with Crippen LogP contribution in [0, 0.1) is 5.92 Å². The molecule has 0 unspecified atom stereocenters. The number of rotatable bonds is 3. The Hall–Kier alpha value is -1.20. The van der Waals surface area contributed by atoms with Crippen LogP contribution in [0.25, 0.3) is 11.0 Å². The lowest BCUT2D eigenvalue weighted by atomic mass is 10.0.